The number of nitrogens with one attached hydrogen (secondary N) is 1. The van der Waals surface area contributed by atoms with Crippen molar-refractivity contribution in [3.63, 3.8) is 0 Å². The second-order valence-electron chi connectivity index (χ2n) is 4.47. The highest BCUT2D eigenvalue weighted by molar-refractivity contribution is 7.10. The van der Waals surface area contributed by atoms with Crippen molar-refractivity contribution in [2.45, 2.75) is 25.8 Å². The standard InChI is InChI=1S/C14H20N2OS/c1-2-16(12-5-3-9-15-11-12)14(17)8-7-13-6-4-10-18-13/h4,6-8,10,12,15H,2-3,5,9,11H2,1H3/b8-7+. The van der Waals surface area contributed by atoms with Gasteiger partial charge in [0.05, 0.1) is 0 Å². The summed E-state index contributed by atoms with van der Waals surface area (Å²) in [7, 11) is 0. The molecule has 1 amide bonds. The molecule has 18 heavy (non-hydrogen) atoms. The number of hydrogen-bond acceptors (Lipinski definition) is 3. The quantitative estimate of drug-likeness (QED) is 0.847. The summed E-state index contributed by atoms with van der Waals surface area (Å²) < 4.78 is 0. The minimum atomic E-state index is 0.125. The van der Waals surface area contributed by atoms with E-state index in [0.717, 1.165) is 37.4 Å². The molecule has 2 heterocycles. The predicted octanol–water partition coefficient (Wildman–Crippen LogP) is 2.36. The van der Waals surface area contributed by atoms with Crippen molar-refractivity contribution in [3.05, 3.63) is 28.5 Å². The molecule has 0 bridgehead atoms. The van der Waals surface area contributed by atoms with Crippen LogP contribution in [0.1, 0.15) is 24.6 Å². The van der Waals surface area contributed by atoms with Gasteiger partial charge in [-0.05, 0) is 43.8 Å². The van der Waals surface area contributed by atoms with Crippen molar-refractivity contribution >= 4 is 23.3 Å². The maximum Gasteiger partial charge on any atom is 0.246 e. The summed E-state index contributed by atoms with van der Waals surface area (Å²) in [4.78, 5) is 15.3. The van der Waals surface area contributed by atoms with E-state index >= 15 is 0 Å². The van der Waals surface area contributed by atoms with Crippen molar-refractivity contribution in [2.75, 3.05) is 19.6 Å². The summed E-state index contributed by atoms with van der Waals surface area (Å²) in [5.41, 5.74) is 0. The lowest BCUT2D eigenvalue weighted by atomic mass is 10.1. The molecule has 4 heteroatoms. The number of carbonyl (C=O) groups excluding carboxylic acids is 1. The number of nitrogens with zero attached hydrogens (tertiary/aromatic N) is 1. The van der Waals surface area contributed by atoms with Gasteiger partial charge >= 0.3 is 0 Å². The van der Waals surface area contributed by atoms with Crippen LogP contribution >= 0.6 is 11.3 Å². The molecule has 1 aliphatic heterocycles. The van der Waals surface area contributed by atoms with Gasteiger partial charge in [-0.15, -0.1) is 11.3 Å². The topological polar surface area (TPSA) is 32.3 Å². The summed E-state index contributed by atoms with van der Waals surface area (Å²) in [6, 6.07) is 4.37. The third kappa shape index (κ3) is 3.43. The van der Waals surface area contributed by atoms with Gasteiger partial charge < -0.3 is 10.2 Å². The first kappa shape index (κ1) is 13.3. The van der Waals surface area contributed by atoms with Crippen LogP contribution < -0.4 is 5.32 Å². The molecule has 3 nitrogen and oxygen atoms in total. The predicted molar refractivity (Wildman–Crippen MR) is 76.6 cm³/mol. The normalized spacial score (nSPS) is 20.2. The summed E-state index contributed by atoms with van der Waals surface area (Å²) in [5, 5.41) is 5.38. The van der Waals surface area contributed by atoms with Crippen LogP contribution in [0.2, 0.25) is 0 Å². The molecule has 1 unspecified atom stereocenters. The Morgan fingerprint density at radius 3 is 3.17 bits per heavy atom. The zero-order valence-electron chi connectivity index (χ0n) is 10.8. The molecule has 1 atom stereocenters. The van der Waals surface area contributed by atoms with E-state index in [1.807, 2.05) is 35.4 Å². The summed E-state index contributed by atoms with van der Waals surface area (Å²) >= 11 is 1.65. The molecule has 1 aromatic rings. The number of thiophene rings is 1. The molecule has 1 N–H and O–H groups in total. The molecule has 0 saturated carbocycles. The number of piperidine rings is 1. The molecule has 1 aromatic heterocycles. The van der Waals surface area contributed by atoms with Gasteiger partial charge in [-0.1, -0.05) is 6.07 Å². The number of amides is 1. The average molecular weight is 264 g/mol. The van der Waals surface area contributed by atoms with Crippen LogP contribution in [0.5, 0.6) is 0 Å². The Morgan fingerprint density at radius 2 is 2.56 bits per heavy atom. The van der Waals surface area contributed by atoms with E-state index in [2.05, 4.69) is 5.32 Å². The molecule has 1 saturated heterocycles. The van der Waals surface area contributed by atoms with Crippen LogP contribution in [0.25, 0.3) is 6.08 Å². The number of hydrogen-bond donors (Lipinski definition) is 1. The fraction of sp³-hybridized carbons (Fsp3) is 0.500. The first-order chi connectivity index (χ1) is 8.81. The third-order valence-corrected chi connectivity index (χ3v) is 4.11. The minimum Gasteiger partial charge on any atom is -0.335 e. The van der Waals surface area contributed by atoms with Gasteiger partial charge in [0.1, 0.15) is 0 Å². The van der Waals surface area contributed by atoms with E-state index in [4.69, 9.17) is 0 Å². The van der Waals surface area contributed by atoms with E-state index in [-0.39, 0.29) is 5.91 Å². The van der Waals surface area contributed by atoms with E-state index in [0.29, 0.717) is 6.04 Å². The number of carbonyl (C=O) groups is 1. The zero-order valence-corrected chi connectivity index (χ0v) is 11.6. The van der Waals surface area contributed by atoms with Gasteiger partial charge in [-0.25, -0.2) is 0 Å². The first-order valence-corrected chi connectivity index (χ1v) is 7.42. The van der Waals surface area contributed by atoms with Gasteiger partial charge in [0.25, 0.3) is 0 Å². The molecule has 0 aliphatic carbocycles. The Balaban J connectivity index is 1.96. The highest BCUT2D eigenvalue weighted by Gasteiger charge is 2.22. The maximum atomic E-state index is 12.2. The van der Waals surface area contributed by atoms with Crippen LogP contribution in [-0.2, 0) is 4.79 Å². The lowest BCUT2D eigenvalue weighted by molar-refractivity contribution is -0.128. The molecular formula is C14H20N2OS. The van der Waals surface area contributed by atoms with Gasteiger partial charge in [-0.2, -0.15) is 0 Å². The molecule has 0 aromatic carbocycles. The smallest absolute Gasteiger partial charge is 0.246 e. The fourth-order valence-corrected chi connectivity index (χ4v) is 2.95. The Bertz CT molecular complexity index is 394. The first-order valence-electron chi connectivity index (χ1n) is 6.54. The second-order valence-corrected chi connectivity index (χ2v) is 5.45. The van der Waals surface area contributed by atoms with Gasteiger partial charge in [0.2, 0.25) is 5.91 Å². The highest BCUT2D eigenvalue weighted by atomic mass is 32.1. The molecule has 1 fully saturated rings. The summed E-state index contributed by atoms with van der Waals surface area (Å²) in [5.74, 6) is 0.125. The number of likely N-dealkylation sites (N-methyl/N-ethyl adjacent to an activating group) is 1. The fourth-order valence-electron chi connectivity index (χ4n) is 2.33. The molecule has 0 spiro atoms. The molecule has 0 radical (unpaired) electrons. The van der Waals surface area contributed by atoms with Crippen molar-refractivity contribution in [3.8, 4) is 0 Å². The van der Waals surface area contributed by atoms with Crippen LogP contribution in [-0.4, -0.2) is 36.5 Å². The monoisotopic (exact) mass is 264 g/mol. The SMILES string of the molecule is CCN(C(=O)/C=C/c1cccs1)C1CCCNC1. The Hall–Kier alpha value is -1.13. The zero-order chi connectivity index (χ0) is 12.8. The maximum absolute atomic E-state index is 12.2. The largest absolute Gasteiger partial charge is 0.335 e. The highest BCUT2D eigenvalue weighted by Crippen LogP contribution is 2.13. The van der Waals surface area contributed by atoms with E-state index in [9.17, 15) is 4.79 Å². The van der Waals surface area contributed by atoms with E-state index in [1.165, 1.54) is 0 Å². The molecular weight excluding hydrogens is 244 g/mol. The molecule has 98 valence electrons. The van der Waals surface area contributed by atoms with Crippen molar-refractivity contribution in [1.29, 1.82) is 0 Å². The third-order valence-electron chi connectivity index (χ3n) is 3.27. The van der Waals surface area contributed by atoms with Gasteiger partial charge in [0.15, 0.2) is 0 Å². The second kappa shape index (κ2) is 6.71. The summed E-state index contributed by atoms with van der Waals surface area (Å²) in [6.45, 7) is 4.82. The van der Waals surface area contributed by atoms with Crippen molar-refractivity contribution in [2.24, 2.45) is 0 Å². The van der Waals surface area contributed by atoms with Crippen LogP contribution in [0, 0.1) is 0 Å². The minimum absolute atomic E-state index is 0.125. The number of rotatable bonds is 4. The lowest BCUT2D eigenvalue weighted by Gasteiger charge is -2.33. The van der Waals surface area contributed by atoms with Crippen molar-refractivity contribution in [1.82, 2.24) is 10.2 Å². The van der Waals surface area contributed by atoms with Crippen molar-refractivity contribution < 1.29 is 4.79 Å². The van der Waals surface area contributed by atoms with Crippen LogP contribution in [0.15, 0.2) is 23.6 Å². The Kier molecular flexibility index (Phi) is 4.96. The van der Waals surface area contributed by atoms with Gasteiger partial charge in [-0.3, -0.25) is 4.79 Å². The van der Waals surface area contributed by atoms with E-state index < -0.39 is 0 Å². The molecule has 2 rings (SSSR count). The Labute approximate surface area is 112 Å². The van der Waals surface area contributed by atoms with Crippen LogP contribution in [0.3, 0.4) is 0 Å². The lowest BCUT2D eigenvalue weighted by Crippen LogP contribution is -2.48. The van der Waals surface area contributed by atoms with Gasteiger partial charge in [0, 0.05) is 30.1 Å². The molecule has 1 aliphatic rings. The summed E-state index contributed by atoms with van der Waals surface area (Å²) in [6.07, 6.45) is 5.87. The van der Waals surface area contributed by atoms with E-state index in [1.54, 1.807) is 17.4 Å². The Morgan fingerprint density at radius 1 is 1.67 bits per heavy atom. The average Bonchev–Trinajstić information content (AvgIpc) is 2.92. The van der Waals surface area contributed by atoms with Crippen LogP contribution in [0.4, 0.5) is 0 Å².